The van der Waals surface area contributed by atoms with Gasteiger partial charge in [-0.2, -0.15) is 0 Å². The van der Waals surface area contributed by atoms with Crippen LogP contribution < -0.4 is 10.4 Å². The van der Waals surface area contributed by atoms with E-state index >= 15 is 0 Å². The Labute approximate surface area is 139 Å². The maximum atomic E-state index is 10.4. The van der Waals surface area contributed by atoms with Crippen LogP contribution in [0.3, 0.4) is 0 Å². The molecule has 0 fully saturated rings. The summed E-state index contributed by atoms with van der Waals surface area (Å²) in [6.07, 6.45) is 0.606. The fourth-order valence-corrected chi connectivity index (χ4v) is 7.43. The van der Waals surface area contributed by atoms with Gasteiger partial charge >= 0.3 is 0 Å². The molecule has 0 heterocycles. The van der Waals surface area contributed by atoms with Crippen molar-refractivity contribution in [3.8, 4) is 11.8 Å². The zero-order chi connectivity index (χ0) is 16.8. The topological polar surface area (TPSA) is 26.3 Å². The third-order valence-electron chi connectivity index (χ3n) is 3.94. The van der Waals surface area contributed by atoms with Gasteiger partial charge in [-0.05, 0) is 21.3 Å². The SMILES string of the molecule is CC(C)(C)[Si](OCC#CC=O)(c1ccccc1)c1ccccc1. The van der Waals surface area contributed by atoms with E-state index in [0.717, 1.165) is 0 Å². The Morgan fingerprint density at radius 3 is 1.83 bits per heavy atom. The Morgan fingerprint density at radius 1 is 0.957 bits per heavy atom. The van der Waals surface area contributed by atoms with Crippen LogP contribution in [0.1, 0.15) is 20.8 Å². The number of benzene rings is 2. The number of hydrogen-bond acceptors (Lipinski definition) is 2. The van der Waals surface area contributed by atoms with Crippen LogP contribution >= 0.6 is 0 Å². The average Bonchev–Trinajstić information content (AvgIpc) is 2.55. The second kappa shape index (κ2) is 7.41. The molecule has 0 saturated carbocycles. The Kier molecular flexibility index (Phi) is 5.54. The van der Waals surface area contributed by atoms with Gasteiger partial charge in [-0.25, -0.2) is 0 Å². The largest absolute Gasteiger partial charge is 0.396 e. The lowest BCUT2D eigenvalue weighted by Gasteiger charge is -2.42. The fourth-order valence-electron chi connectivity index (χ4n) is 2.99. The Hall–Kier alpha value is -2.15. The highest BCUT2D eigenvalue weighted by atomic mass is 28.4. The lowest BCUT2D eigenvalue weighted by molar-refractivity contribution is -0.103. The van der Waals surface area contributed by atoms with Gasteiger partial charge in [0.05, 0.1) is 6.61 Å². The van der Waals surface area contributed by atoms with Crippen LogP contribution in [0.2, 0.25) is 5.04 Å². The summed E-state index contributed by atoms with van der Waals surface area (Å²) in [7, 11) is -2.52. The van der Waals surface area contributed by atoms with Gasteiger partial charge < -0.3 is 4.43 Å². The van der Waals surface area contributed by atoms with Gasteiger partial charge in [0, 0.05) is 0 Å². The van der Waals surface area contributed by atoms with E-state index in [1.165, 1.54) is 10.4 Å². The number of hydrogen-bond donors (Lipinski definition) is 0. The molecular formula is C20H22O2Si. The van der Waals surface area contributed by atoms with Crippen molar-refractivity contribution in [1.29, 1.82) is 0 Å². The minimum absolute atomic E-state index is 0.0709. The molecule has 2 aromatic rings. The molecule has 2 aromatic carbocycles. The van der Waals surface area contributed by atoms with E-state index < -0.39 is 8.32 Å². The predicted molar refractivity (Wildman–Crippen MR) is 97.4 cm³/mol. The standard InChI is InChI=1S/C20H22O2Si/c1-20(2,3)23(22-17-11-10-16-21,18-12-6-4-7-13-18)19-14-8-5-9-15-19/h4-9,12-16H,17H2,1-3H3. The van der Waals surface area contributed by atoms with E-state index in [9.17, 15) is 4.79 Å². The van der Waals surface area contributed by atoms with Crippen molar-refractivity contribution in [2.75, 3.05) is 6.61 Å². The number of aldehydes is 1. The molecule has 23 heavy (non-hydrogen) atoms. The van der Waals surface area contributed by atoms with Crippen molar-refractivity contribution in [2.45, 2.75) is 25.8 Å². The maximum Gasteiger partial charge on any atom is 0.262 e. The first-order chi connectivity index (χ1) is 11.0. The highest BCUT2D eigenvalue weighted by molar-refractivity contribution is 6.99. The molecule has 118 valence electrons. The summed E-state index contributed by atoms with van der Waals surface area (Å²) >= 11 is 0. The molecule has 0 unspecified atom stereocenters. The molecule has 0 aliphatic rings. The molecule has 0 N–H and O–H groups in total. The molecule has 0 saturated heterocycles. The quantitative estimate of drug-likeness (QED) is 0.491. The minimum Gasteiger partial charge on any atom is -0.396 e. The Morgan fingerprint density at radius 2 is 1.43 bits per heavy atom. The molecule has 3 heteroatoms. The molecule has 0 radical (unpaired) electrons. The molecule has 0 atom stereocenters. The van der Waals surface area contributed by atoms with Crippen molar-refractivity contribution in [3.05, 3.63) is 60.7 Å². The molecule has 0 aliphatic carbocycles. The maximum absolute atomic E-state index is 10.4. The molecule has 0 aromatic heterocycles. The zero-order valence-electron chi connectivity index (χ0n) is 13.9. The van der Waals surface area contributed by atoms with E-state index in [0.29, 0.717) is 6.29 Å². The van der Waals surface area contributed by atoms with E-state index in [1.807, 2.05) is 36.4 Å². The summed E-state index contributed by atoms with van der Waals surface area (Å²) in [5.74, 6) is 5.24. The van der Waals surface area contributed by atoms with E-state index in [-0.39, 0.29) is 11.6 Å². The van der Waals surface area contributed by atoms with Crippen molar-refractivity contribution >= 4 is 25.0 Å². The monoisotopic (exact) mass is 322 g/mol. The number of rotatable bonds is 4. The van der Waals surface area contributed by atoms with Gasteiger partial charge in [-0.15, -0.1) is 0 Å². The van der Waals surface area contributed by atoms with Gasteiger partial charge in [0.25, 0.3) is 8.32 Å². The highest BCUT2D eigenvalue weighted by Gasteiger charge is 2.49. The molecular weight excluding hydrogens is 300 g/mol. The number of carbonyl (C=O) groups excluding carboxylic acids is 1. The van der Waals surface area contributed by atoms with Gasteiger partial charge in [0.15, 0.2) is 6.29 Å². The first-order valence-electron chi connectivity index (χ1n) is 7.69. The molecule has 2 rings (SSSR count). The second-order valence-electron chi connectivity index (χ2n) is 6.39. The minimum atomic E-state index is -2.52. The van der Waals surface area contributed by atoms with Crippen LogP contribution in [-0.2, 0) is 9.22 Å². The fraction of sp³-hybridized carbons (Fsp3) is 0.250. The third-order valence-corrected chi connectivity index (χ3v) is 8.92. The van der Waals surface area contributed by atoms with Crippen LogP contribution in [0.15, 0.2) is 60.7 Å². The van der Waals surface area contributed by atoms with Crippen LogP contribution in [0, 0.1) is 11.8 Å². The van der Waals surface area contributed by atoms with Gasteiger partial charge in [0.2, 0.25) is 0 Å². The smallest absolute Gasteiger partial charge is 0.262 e. The first kappa shape index (κ1) is 17.2. The average molecular weight is 322 g/mol. The summed E-state index contributed by atoms with van der Waals surface area (Å²) in [6.45, 7) is 6.90. The molecule has 2 nitrogen and oxygen atoms in total. The van der Waals surface area contributed by atoms with Crippen molar-refractivity contribution < 1.29 is 9.22 Å². The number of carbonyl (C=O) groups is 1. The van der Waals surface area contributed by atoms with Gasteiger partial charge in [-0.1, -0.05) is 87.4 Å². The van der Waals surface area contributed by atoms with Gasteiger partial charge in [-0.3, -0.25) is 4.79 Å². The van der Waals surface area contributed by atoms with Crippen LogP contribution in [0.4, 0.5) is 0 Å². The van der Waals surface area contributed by atoms with Crippen LogP contribution in [0.25, 0.3) is 0 Å². The molecule has 0 aliphatic heterocycles. The lowest BCUT2D eigenvalue weighted by atomic mass is 10.2. The summed E-state index contributed by atoms with van der Waals surface area (Å²) in [5.41, 5.74) is 0. The summed E-state index contributed by atoms with van der Waals surface area (Å²) in [5, 5.41) is 2.36. The summed E-state index contributed by atoms with van der Waals surface area (Å²) in [6, 6.07) is 20.8. The molecule has 0 spiro atoms. The third kappa shape index (κ3) is 3.61. The molecule has 0 amide bonds. The summed E-state index contributed by atoms with van der Waals surface area (Å²) in [4.78, 5) is 10.4. The lowest BCUT2D eigenvalue weighted by Crippen LogP contribution is -2.66. The van der Waals surface area contributed by atoms with E-state index in [4.69, 9.17) is 4.43 Å². The molecule has 0 bridgehead atoms. The first-order valence-corrected chi connectivity index (χ1v) is 9.60. The Bertz CT molecular complexity index is 652. The van der Waals surface area contributed by atoms with E-state index in [2.05, 4.69) is 56.9 Å². The zero-order valence-corrected chi connectivity index (χ0v) is 14.9. The van der Waals surface area contributed by atoms with E-state index in [1.54, 1.807) is 0 Å². The van der Waals surface area contributed by atoms with Crippen molar-refractivity contribution in [1.82, 2.24) is 0 Å². The van der Waals surface area contributed by atoms with Crippen molar-refractivity contribution in [3.63, 3.8) is 0 Å². The second-order valence-corrected chi connectivity index (χ2v) is 10.7. The van der Waals surface area contributed by atoms with Crippen LogP contribution in [-0.4, -0.2) is 21.2 Å². The van der Waals surface area contributed by atoms with Crippen LogP contribution in [0.5, 0.6) is 0 Å². The normalized spacial score (nSPS) is 11.4. The predicted octanol–water partition coefficient (Wildman–Crippen LogP) is 2.77. The highest BCUT2D eigenvalue weighted by Crippen LogP contribution is 2.36. The summed E-state index contributed by atoms with van der Waals surface area (Å²) < 4.78 is 6.47. The van der Waals surface area contributed by atoms with Crippen molar-refractivity contribution in [2.24, 2.45) is 0 Å². The Balaban J connectivity index is 2.62. The van der Waals surface area contributed by atoms with Gasteiger partial charge in [0.1, 0.15) is 0 Å².